The Morgan fingerprint density at radius 3 is 1.23 bits per heavy atom. The van der Waals surface area contributed by atoms with Crippen LogP contribution in [-0.4, -0.2) is 54.2 Å². The van der Waals surface area contributed by atoms with Crippen molar-refractivity contribution < 1.29 is 23.7 Å². The molecule has 5 nitrogen and oxygen atoms in total. The summed E-state index contributed by atoms with van der Waals surface area (Å²) in [6.45, 7) is 0.715. The van der Waals surface area contributed by atoms with Crippen molar-refractivity contribution >= 4 is 0 Å². The Morgan fingerprint density at radius 2 is 1.00 bits per heavy atom. The zero-order valence-corrected chi connectivity index (χ0v) is 8.61. The van der Waals surface area contributed by atoms with E-state index in [1.165, 1.54) is 0 Å². The van der Waals surface area contributed by atoms with Crippen molar-refractivity contribution in [3.63, 3.8) is 0 Å². The van der Waals surface area contributed by atoms with Crippen LogP contribution in [0.1, 0.15) is 0 Å². The summed E-state index contributed by atoms with van der Waals surface area (Å²) in [5.41, 5.74) is 0. The first kappa shape index (κ1) is 12.8. The maximum Gasteiger partial charge on any atom is 0.180 e. The van der Waals surface area contributed by atoms with Crippen molar-refractivity contribution in [3.05, 3.63) is 0 Å². The Kier molecular flexibility index (Phi) is 8.27. The molecule has 0 bridgehead atoms. The standard InChI is InChI=1S/C8H18O5/c1-9-7(10-2)5-13-6-8(11-3)12-4/h7-8H,5-6H2,1-4H3. The Bertz CT molecular complexity index is 88.7. The van der Waals surface area contributed by atoms with E-state index in [9.17, 15) is 0 Å². The van der Waals surface area contributed by atoms with Gasteiger partial charge in [-0.15, -0.1) is 0 Å². The Balaban J connectivity index is 3.41. The van der Waals surface area contributed by atoms with Crippen molar-refractivity contribution in [1.82, 2.24) is 0 Å². The fourth-order valence-corrected chi connectivity index (χ4v) is 0.725. The summed E-state index contributed by atoms with van der Waals surface area (Å²) in [5, 5.41) is 0. The lowest BCUT2D eigenvalue weighted by Crippen LogP contribution is -2.26. The highest BCUT2D eigenvalue weighted by molar-refractivity contribution is 4.42. The topological polar surface area (TPSA) is 46.2 Å². The van der Waals surface area contributed by atoms with Crippen molar-refractivity contribution in [2.24, 2.45) is 0 Å². The molecule has 0 amide bonds. The quantitative estimate of drug-likeness (QED) is 0.518. The summed E-state index contributed by atoms with van der Waals surface area (Å²) in [7, 11) is 6.23. The molecule has 80 valence electrons. The molecule has 0 aromatic rings. The molecule has 0 aromatic carbocycles. The lowest BCUT2D eigenvalue weighted by atomic mass is 10.6. The van der Waals surface area contributed by atoms with Gasteiger partial charge in [0.2, 0.25) is 0 Å². The molecule has 0 rings (SSSR count). The zero-order chi connectivity index (χ0) is 10.1. The molecule has 0 N–H and O–H groups in total. The third kappa shape index (κ3) is 5.95. The molecular formula is C8H18O5. The molecule has 0 aliphatic rings. The molecule has 0 fully saturated rings. The summed E-state index contributed by atoms with van der Waals surface area (Å²) in [6.07, 6.45) is -0.677. The molecule has 5 heteroatoms. The van der Waals surface area contributed by atoms with Crippen LogP contribution in [-0.2, 0) is 23.7 Å². The van der Waals surface area contributed by atoms with Crippen molar-refractivity contribution in [2.75, 3.05) is 41.7 Å². The third-order valence-corrected chi connectivity index (χ3v) is 1.56. The molecule has 13 heavy (non-hydrogen) atoms. The minimum atomic E-state index is -0.339. The van der Waals surface area contributed by atoms with E-state index in [0.717, 1.165) is 0 Å². The van der Waals surface area contributed by atoms with Crippen LogP contribution in [0.25, 0.3) is 0 Å². The first-order valence-electron chi connectivity index (χ1n) is 3.97. The predicted molar refractivity (Wildman–Crippen MR) is 46.4 cm³/mol. The fourth-order valence-electron chi connectivity index (χ4n) is 0.725. The highest BCUT2D eigenvalue weighted by Gasteiger charge is 2.08. The molecule has 0 heterocycles. The van der Waals surface area contributed by atoms with E-state index in [-0.39, 0.29) is 12.6 Å². The Labute approximate surface area is 78.9 Å². The average Bonchev–Trinajstić information content (AvgIpc) is 2.19. The maximum absolute atomic E-state index is 5.22. The maximum atomic E-state index is 5.22. The molecule has 0 radical (unpaired) electrons. The molecule has 0 aliphatic carbocycles. The van der Waals surface area contributed by atoms with Crippen LogP contribution in [0.15, 0.2) is 0 Å². The molecule has 0 unspecified atom stereocenters. The second-order valence-corrected chi connectivity index (χ2v) is 2.34. The molecule has 0 spiro atoms. The van der Waals surface area contributed by atoms with Gasteiger partial charge < -0.3 is 23.7 Å². The lowest BCUT2D eigenvalue weighted by Gasteiger charge is -2.16. The zero-order valence-electron chi connectivity index (χ0n) is 8.61. The molecular weight excluding hydrogens is 176 g/mol. The number of rotatable bonds is 8. The first-order valence-corrected chi connectivity index (χ1v) is 3.97. The van der Waals surface area contributed by atoms with E-state index >= 15 is 0 Å². The fraction of sp³-hybridized carbons (Fsp3) is 1.00. The monoisotopic (exact) mass is 194 g/mol. The largest absolute Gasteiger partial charge is 0.371 e. The van der Waals surface area contributed by atoms with Crippen LogP contribution in [0.2, 0.25) is 0 Å². The van der Waals surface area contributed by atoms with Crippen LogP contribution >= 0.6 is 0 Å². The molecule has 0 aliphatic heterocycles. The summed E-state index contributed by atoms with van der Waals surface area (Å²) in [4.78, 5) is 0. The highest BCUT2D eigenvalue weighted by Crippen LogP contribution is 1.96. The van der Waals surface area contributed by atoms with Gasteiger partial charge in [0.15, 0.2) is 12.6 Å². The van der Waals surface area contributed by atoms with Crippen molar-refractivity contribution in [3.8, 4) is 0 Å². The van der Waals surface area contributed by atoms with Crippen LogP contribution < -0.4 is 0 Å². The molecule has 0 aromatic heterocycles. The van der Waals surface area contributed by atoms with Gasteiger partial charge in [-0.25, -0.2) is 0 Å². The van der Waals surface area contributed by atoms with Gasteiger partial charge in [-0.2, -0.15) is 0 Å². The van der Waals surface area contributed by atoms with Crippen LogP contribution in [0.5, 0.6) is 0 Å². The van der Waals surface area contributed by atoms with Gasteiger partial charge in [0.1, 0.15) is 0 Å². The van der Waals surface area contributed by atoms with Gasteiger partial charge in [-0.3, -0.25) is 0 Å². The van der Waals surface area contributed by atoms with Gasteiger partial charge in [-0.1, -0.05) is 0 Å². The summed E-state index contributed by atoms with van der Waals surface area (Å²) < 4.78 is 24.9. The van der Waals surface area contributed by atoms with Gasteiger partial charge in [0.05, 0.1) is 13.2 Å². The van der Waals surface area contributed by atoms with Crippen molar-refractivity contribution in [2.45, 2.75) is 12.6 Å². The predicted octanol–water partition coefficient (Wildman–Crippen LogP) is 0.241. The molecule has 0 saturated heterocycles. The van der Waals surface area contributed by atoms with Gasteiger partial charge in [-0.05, 0) is 0 Å². The number of hydrogen-bond donors (Lipinski definition) is 0. The van der Waals surface area contributed by atoms with Gasteiger partial charge in [0.25, 0.3) is 0 Å². The van der Waals surface area contributed by atoms with E-state index in [1.54, 1.807) is 28.4 Å². The van der Waals surface area contributed by atoms with Crippen LogP contribution in [0.4, 0.5) is 0 Å². The summed E-state index contributed by atoms with van der Waals surface area (Å²) in [6, 6.07) is 0. The van der Waals surface area contributed by atoms with E-state index in [4.69, 9.17) is 23.7 Å². The van der Waals surface area contributed by atoms with Gasteiger partial charge in [0, 0.05) is 28.4 Å². The normalized spacial score (nSPS) is 11.5. The lowest BCUT2D eigenvalue weighted by molar-refractivity contribution is -0.178. The van der Waals surface area contributed by atoms with E-state index in [0.29, 0.717) is 13.2 Å². The van der Waals surface area contributed by atoms with Gasteiger partial charge >= 0.3 is 0 Å². The minimum Gasteiger partial charge on any atom is -0.371 e. The van der Waals surface area contributed by atoms with E-state index in [1.807, 2.05) is 0 Å². The summed E-state index contributed by atoms with van der Waals surface area (Å²) in [5.74, 6) is 0. The Morgan fingerprint density at radius 1 is 0.692 bits per heavy atom. The number of methoxy groups -OCH3 is 4. The van der Waals surface area contributed by atoms with E-state index < -0.39 is 0 Å². The first-order chi connectivity index (χ1) is 6.28. The van der Waals surface area contributed by atoms with Crippen LogP contribution in [0, 0.1) is 0 Å². The Hall–Kier alpha value is -0.200. The molecule has 0 atom stereocenters. The SMILES string of the molecule is COC(COCC(OC)OC)OC. The van der Waals surface area contributed by atoms with Crippen LogP contribution in [0.3, 0.4) is 0 Å². The van der Waals surface area contributed by atoms with Crippen molar-refractivity contribution in [1.29, 1.82) is 0 Å². The second kappa shape index (κ2) is 8.40. The highest BCUT2D eigenvalue weighted by atomic mass is 16.7. The minimum absolute atomic E-state index is 0.339. The third-order valence-electron chi connectivity index (χ3n) is 1.56. The number of ether oxygens (including phenoxy) is 5. The summed E-state index contributed by atoms with van der Waals surface area (Å²) >= 11 is 0. The average molecular weight is 194 g/mol. The molecule has 0 saturated carbocycles. The van der Waals surface area contributed by atoms with E-state index in [2.05, 4.69) is 0 Å². The number of hydrogen-bond acceptors (Lipinski definition) is 5. The second-order valence-electron chi connectivity index (χ2n) is 2.34. The smallest absolute Gasteiger partial charge is 0.180 e.